The molecule has 2 saturated heterocycles. The fraction of sp³-hybridized carbons (Fsp3) is 0.310. The number of hydrogen-bond donors (Lipinski definition) is 1. The van der Waals surface area contributed by atoms with E-state index in [0.717, 1.165) is 5.56 Å². The van der Waals surface area contributed by atoms with Crippen molar-refractivity contribution in [3.8, 4) is 5.75 Å². The Hall–Kier alpha value is -3.71. The van der Waals surface area contributed by atoms with Crippen LogP contribution in [0.5, 0.6) is 5.75 Å². The minimum Gasteiger partial charge on any atom is -0.496 e. The molecule has 2 fully saturated rings. The summed E-state index contributed by atoms with van der Waals surface area (Å²) in [6.07, 6.45) is 1.66. The number of ether oxygens (including phenoxy) is 1. The number of nitrogens with one attached hydrogen (secondary N) is 1. The van der Waals surface area contributed by atoms with Gasteiger partial charge in [0.2, 0.25) is 5.91 Å². The molecular weight excluding hydrogens is 457 g/mol. The van der Waals surface area contributed by atoms with E-state index in [1.54, 1.807) is 47.2 Å². The Balaban J connectivity index is 1.38. The van der Waals surface area contributed by atoms with Crippen molar-refractivity contribution in [1.82, 2.24) is 15.1 Å². The van der Waals surface area contributed by atoms with Crippen molar-refractivity contribution in [2.45, 2.75) is 37.5 Å². The van der Waals surface area contributed by atoms with E-state index in [4.69, 9.17) is 4.74 Å². The van der Waals surface area contributed by atoms with E-state index < -0.39 is 11.7 Å². The zero-order chi connectivity index (χ0) is 25.1. The van der Waals surface area contributed by atoms with Crippen LogP contribution in [0.15, 0.2) is 78.9 Å². The molecule has 3 aromatic carbocycles. The number of methoxy groups -OCH3 is 1. The number of likely N-dealkylation sites (tertiary alicyclic amines) is 1. The summed E-state index contributed by atoms with van der Waals surface area (Å²) in [5.41, 5.74) is 1.43. The lowest BCUT2D eigenvalue weighted by Crippen LogP contribution is -2.59. The highest BCUT2D eigenvalue weighted by atomic mass is 19.1. The van der Waals surface area contributed by atoms with Crippen LogP contribution in [0.4, 0.5) is 4.39 Å². The second-order valence-corrected chi connectivity index (χ2v) is 9.43. The second kappa shape index (κ2) is 10.1. The molecule has 186 valence electrons. The summed E-state index contributed by atoms with van der Waals surface area (Å²) in [5.74, 6) is 0.0940. The Kier molecular flexibility index (Phi) is 6.74. The number of amides is 2. The summed E-state index contributed by atoms with van der Waals surface area (Å²) in [7, 11) is 1.55. The molecule has 1 unspecified atom stereocenters. The third-order valence-electron chi connectivity index (χ3n) is 7.31. The highest BCUT2D eigenvalue weighted by molar-refractivity contribution is 5.97. The molecule has 2 amide bonds. The molecule has 2 aliphatic heterocycles. The van der Waals surface area contributed by atoms with Gasteiger partial charge in [-0.25, -0.2) is 4.39 Å². The number of nitrogens with zero attached hydrogens (tertiary/aromatic N) is 2. The van der Waals surface area contributed by atoms with Crippen LogP contribution in [0.25, 0.3) is 0 Å². The first-order chi connectivity index (χ1) is 17.5. The standard InChI is InChI=1S/C29H30FN3O3/c1-36-26-14-8-6-12-23(26)27(34)32-17-15-29(16-18-32)31-25(19-21-9-3-2-4-10-21)28(35)33(29)20-22-11-5-7-13-24(22)30/h2-14,25,31H,15-20H2,1H3. The van der Waals surface area contributed by atoms with Crippen LogP contribution >= 0.6 is 0 Å². The van der Waals surface area contributed by atoms with Crippen molar-refractivity contribution in [3.05, 3.63) is 101 Å². The van der Waals surface area contributed by atoms with Crippen LogP contribution in [0, 0.1) is 5.82 Å². The maximum absolute atomic E-state index is 14.6. The van der Waals surface area contributed by atoms with E-state index >= 15 is 0 Å². The molecule has 0 aromatic heterocycles. The van der Waals surface area contributed by atoms with Crippen molar-refractivity contribution >= 4 is 11.8 Å². The SMILES string of the molecule is COc1ccccc1C(=O)N1CCC2(CC1)NC(Cc1ccccc1)C(=O)N2Cc1ccccc1F. The third kappa shape index (κ3) is 4.58. The molecule has 7 heteroatoms. The normalized spacial score (nSPS) is 19.1. The summed E-state index contributed by atoms with van der Waals surface area (Å²) in [4.78, 5) is 30.5. The molecule has 0 radical (unpaired) electrons. The van der Waals surface area contributed by atoms with Crippen molar-refractivity contribution in [1.29, 1.82) is 0 Å². The van der Waals surface area contributed by atoms with E-state index in [9.17, 15) is 14.0 Å². The zero-order valence-electron chi connectivity index (χ0n) is 20.3. The van der Waals surface area contributed by atoms with Gasteiger partial charge in [-0.1, -0.05) is 60.7 Å². The van der Waals surface area contributed by atoms with Gasteiger partial charge in [0.15, 0.2) is 0 Å². The average Bonchev–Trinajstić information content (AvgIpc) is 3.15. The first-order valence-corrected chi connectivity index (χ1v) is 12.3. The average molecular weight is 488 g/mol. The molecule has 1 N–H and O–H groups in total. The third-order valence-corrected chi connectivity index (χ3v) is 7.31. The number of rotatable bonds is 6. The molecule has 6 nitrogen and oxygen atoms in total. The Bertz CT molecular complexity index is 1240. The van der Waals surface area contributed by atoms with Gasteiger partial charge in [0.25, 0.3) is 5.91 Å². The van der Waals surface area contributed by atoms with E-state index in [1.165, 1.54) is 6.07 Å². The number of carbonyl (C=O) groups is 2. The molecule has 36 heavy (non-hydrogen) atoms. The largest absolute Gasteiger partial charge is 0.496 e. The van der Waals surface area contributed by atoms with Gasteiger partial charge >= 0.3 is 0 Å². The van der Waals surface area contributed by atoms with Crippen LogP contribution < -0.4 is 10.1 Å². The first kappa shape index (κ1) is 24.0. The van der Waals surface area contributed by atoms with Gasteiger partial charge in [0.05, 0.1) is 30.9 Å². The lowest BCUT2D eigenvalue weighted by Gasteiger charge is -2.44. The molecule has 2 heterocycles. The molecule has 1 atom stereocenters. The maximum atomic E-state index is 14.6. The minimum atomic E-state index is -0.642. The molecule has 0 aliphatic carbocycles. The number of halogens is 1. The van der Waals surface area contributed by atoms with Crippen LogP contribution in [-0.4, -0.2) is 53.5 Å². The van der Waals surface area contributed by atoms with Crippen molar-refractivity contribution in [3.63, 3.8) is 0 Å². The van der Waals surface area contributed by atoms with Crippen LogP contribution in [-0.2, 0) is 17.8 Å². The highest BCUT2D eigenvalue weighted by Crippen LogP contribution is 2.36. The smallest absolute Gasteiger partial charge is 0.257 e. The topological polar surface area (TPSA) is 61.9 Å². The summed E-state index contributed by atoms with van der Waals surface area (Å²) < 4.78 is 20.0. The number of benzene rings is 3. The molecule has 5 rings (SSSR count). The maximum Gasteiger partial charge on any atom is 0.257 e. The number of para-hydroxylation sites is 1. The van der Waals surface area contributed by atoms with Crippen LogP contribution in [0.2, 0.25) is 0 Å². The quantitative estimate of drug-likeness (QED) is 0.571. The Morgan fingerprint density at radius 2 is 1.67 bits per heavy atom. The number of carbonyl (C=O) groups excluding carboxylic acids is 2. The van der Waals surface area contributed by atoms with Crippen LogP contribution in [0.1, 0.15) is 34.3 Å². The molecule has 0 bridgehead atoms. The van der Waals surface area contributed by atoms with Gasteiger partial charge in [0, 0.05) is 31.5 Å². The minimum absolute atomic E-state index is 0.0355. The Morgan fingerprint density at radius 1 is 1.00 bits per heavy atom. The van der Waals surface area contributed by atoms with Crippen molar-refractivity contribution < 1.29 is 18.7 Å². The fourth-order valence-electron chi connectivity index (χ4n) is 5.36. The zero-order valence-corrected chi connectivity index (χ0v) is 20.3. The van der Waals surface area contributed by atoms with Crippen LogP contribution in [0.3, 0.4) is 0 Å². The first-order valence-electron chi connectivity index (χ1n) is 12.3. The Labute approximate surface area is 210 Å². The van der Waals surface area contributed by atoms with E-state index in [-0.39, 0.29) is 24.2 Å². The summed E-state index contributed by atoms with van der Waals surface area (Å²) in [6.45, 7) is 1.14. The summed E-state index contributed by atoms with van der Waals surface area (Å²) >= 11 is 0. The molecule has 0 saturated carbocycles. The lowest BCUT2D eigenvalue weighted by atomic mass is 9.94. The molecule has 1 spiro atoms. The number of hydrogen-bond acceptors (Lipinski definition) is 4. The molecular formula is C29H30FN3O3. The van der Waals surface area contributed by atoms with Gasteiger partial charge in [-0.2, -0.15) is 0 Å². The summed E-state index contributed by atoms with van der Waals surface area (Å²) in [5, 5.41) is 3.61. The fourth-order valence-corrected chi connectivity index (χ4v) is 5.36. The Morgan fingerprint density at radius 3 is 2.39 bits per heavy atom. The van der Waals surface area contributed by atoms with E-state index in [1.807, 2.05) is 42.5 Å². The van der Waals surface area contributed by atoms with E-state index in [2.05, 4.69) is 5.32 Å². The summed E-state index contributed by atoms with van der Waals surface area (Å²) in [6, 6.07) is 23.3. The van der Waals surface area contributed by atoms with Gasteiger partial charge in [-0.3, -0.25) is 14.9 Å². The lowest BCUT2D eigenvalue weighted by molar-refractivity contribution is -0.134. The van der Waals surface area contributed by atoms with Crippen molar-refractivity contribution in [2.75, 3.05) is 20.2 Å². The number of piperidine rings is 1. The predicted molar refractivity (Wildman–Crippen MR) is 135 cm³/mol. The van der Waals surface area contributed by atoms with Gasteiger partial charge in [-0.15, -0.1) is 0 Å². The molecule has 2 aliphatic rings. The van der Waals surface area contributed by atoms with Gasteiger partial charge in [-0.05, 0) is 30.2 Å². The predicted octanol–water partition coefficient (Wildman–Crippen LogP) is 4.01. The monoisotopic (exact) mass is 487 g/mol. The van der Waals surface area contributed by atoms with E-state index in [0.29, 0.717) is 49.2 Å². The van der Waals surface area contributed by atoms with Gasteiger partial charge < -0.3 is 14.5 Å². The highest BCUT2D eigenvalue weighted by Gasteiger charge is 2.51. The van der Waals surface area contributed by atoms with Crippen molar-refractivity contribution in [2.24, 2.45) is 0 Å². The van der Waals surface area contributed by atoms with Gasteiger partial charge in [0.1, 0.15) is 11.6 Å². The second-order valence-electron chi connectivity index (χ2n) is 9.43. The molecule has 3 aromatic rings.